The second-order valence-electron chi connectivity index (χ2n) is 3.13. The zero-order chi connectivity index (χ0) is 12.6. The van der Waals surface area contributed by atoms with Crippen LogP contribution in [-0.2, 0) is 23.8 Å². The molecule has 0 spiro atoms. The highest BCUT2D eigenvalue weighted by Gasteiger charge is 2.24. The molecule has 0 aliphatic heterocycles. The molecule has 0 bridgehead atoms. The molecule has 0 heterocycles. The maximum atomic E-state index is 11.4. The van der Waals surface area contributed by atoms with Crippen molar-refractivity contribution in [3.05, 3.63) is 0 Å². The van der Waals surface area contributed by atoms with E-state index in [-0.39, 0.29) is 12.3 Å². The van der Waals surface area contributed by atoms with Crippen molar-refractivity contribution in [2.24, 2.45) is 0 Å². The predicted molar refractivity (Wildman–Crippen MR) is 56.7 cm³/mol. The van der Waals surface area contributed by atoms with Crippen molar-refractivity contribution in [1.29, 1.82) is 0 Å². The van der Waals surface area contributed by atoms with E-state index in [2.05, 4.69) is 10.1 Å². The van der Waals surface area contributed by atoms with E-state index in [0.717, 1.165) is 0 Å². The van der Waals surface area contributed by atoms with Crippen LogP contribution in [0.5, 0.6) is 0 Å². The second-order valence-corrected chi connectivity index (χ2v) is 3.13. The molecule has 1 N–H and O–H groups in total. The van der Waals surface area contributed by atoms with Gasteiger partial charge in [-0.15, -0.1) is 0 Å². The van der Waals surface area contributed by atoms with Crippen molar-refractivity contribution in [2.45, 2.75) is 32.1 Å². The van der Waals surface area contributed by atoms with Crippen LogP contribution in [0.15, 0.2) is 0 Å². The summed E-state index contributed by atoms with van der Waals surface area (Å²) in [5.41, 5.74) is 0. The normalized spacial score (nSPS) is 12.3. The van der Waals surface area contributed by atoms with E-state index < -0.39 is 18.3 Å². The summed E-state index contributed by atoms with van der Waals surface area (Å²) in [4.78, 5) is 22.6. The minimum absolute atomic E-state index is 0.214. The fourth-order valence-electron chi connectivity index (χ4n) is 1.13. The molecule has 0 aromatic rings. The number of hydrogen-bond donors (Lipinski definition) is 1. The summed E-state index contributed by atoms with van der Waals surface area (Å²) in [6, 6.07) is -0.748. The maximum absolute atomic E-state index is 11.4. The minimum atomic E-state index is -0.748. The Morgan fingerprint density at radius 3 is 2.12 bits per heavy atom. The smallest absolute Gasteiger partial charge is 0.328 e. The van der Waals surface area contributed by atoms with Gasteiger partial charge < -0.3 is 19.5 Å². The molecule has 0 saturated carbocycles. The van der Waals surface area contributed by atoms with Crippen LogP contribution < -0.4 is 5.32 Å². The quantitative estimate of drug-likeness (QED) is 0.497. The van der Waals surface area contributed by atoms with E-state index in [1.54, 1.807) is 6.92 Å². The molecule has 1 amide bonds. The molecule has 6 heteroatoms. The number of rotatable bonds is 7. The van der Waals surface area contributed by atoms with Crippen LogP contribution in [0.25, 0.3) is 0 Å². The zero-order valence-electron chi connectivity index (χ0n) is 10.1. The van der Waals surface area contributed by atoms with Crippen molar-refractivity contribution in [3.63, 3.8) is 0 Å². The van der Waals surface area contributed by atoms with Crippen LogP contribution in [0.2, 0.25) is 0 Å². The number of amides is 1. The van der Waals surface area contributed by atoms with Gasteiger partial charge in [0, 0.05) is 27.1 Å². The molecule has 0 rings (SSSR count). The Kier molecular flexibility index (Phi) is 7.49. The summed E-state index contributed by atoms with van der Waals surface area (Å²) in [7, 11) is 4.19. The molecule has 16 heavy (non-hydrogen) atoms. The number of nitrogens with one attached hydrogen (secondary N) is 1. The van der Waals surface area contributed by atoms with Crippen LogP contribution in [0.1, 0.15) is 19.8 Å². The summed E-state index contributed by atoms with van der Waals surface area (Å²) >= 11 is 0. The first kappa shape index (κ1) is 14.9. The average Bonchev–Trinajstić information content (AvgIpc) is 2.32. The van der Waals surface area contributed by atoms with Crippen molar-refractivity contribution in [2.75, 3.05) is 21.3 Å². The highest BCUT2D eigenvalue weighted by Crippen LogP contribution is 2.05. The fraction of sp³-hybridized carbons (Fsp3) is 0.800. The molecule has 0 aliphatic rings. The Morgan fingerprint density at radius 2 is 1.75 bits per heavy atom. The standard InChI is InChI=1S/C10H19NO5/c1-5-8(12)11-7(10(13)16-4)6-9(14-2)15-3/h7,9H,5-6H2,1-4H3,(H,11,12). The third-order valence-electron chi connectivity index (χ3n) is 2.10. The van der Waals surface area contributed by atoms with Crippen LogP contribution in [0.3, 0.4) is 0 Å². The van der Waals surface area contributed by atoms with E-state index >= 15 is 0 Å². The first-order chi connectivity index (χ1) is 7.58. The molecule has 0 radical (unpaired) electrons. The monoisotopic (exact) mass is 233 g/mol. The lowest BCUT2D eigenvalue weighted by Gasteiger charge is -2.20. The highest BCUT2D eigenvalue weighted by atomic mass is 16.7. The van der Waals surface area contributed by atoms with E-state index in [1.165, 1.54) is 21.3 Å². The lowest BCUT2D eigenvalue weighted by atomic mass is 10.2. The predicted octanol–water partition coefficient (Wildman–Crippen LogP) is 0.0632. The van der Waals surface area contributed by atoms with Gasteiger partial charge in [0.25, 0.3) is 0 Å². The lowest BCUT2D eigenvalue weighted by Crippen LogP contribution is -2.43. The molecule has 6 nitrogen and oxygen atoms in total. The second kappa shape index (κ2) is 8.06. The average molecular weight is 233 g/mol. The summed E-state index contributed by atoms with van der Waals surface area (Å²) < 4.78 is 14.5. The van der Waals surface area contributed by atoms with Crippen molar-refractivity contribution < 1.29 is 23.8 Å². The van der Waals surface area contributed by atoms with E-state index in [9.17, 15) is 9.59 Å². The number of hydrogen-bond acceptors (Lipinski definition) is 5. The Hall–Kier alpha value is -1.14. The molecule has 1 atom stereocenters. The van der Waals surface area contributed by atoms with E-state index in [0.29, 0.717) is 6.42 Å². The van der Waals surface area contributed by atoms with Gasteiger partial charge in [-0.1, -0.05) is 6.92 Å². The Morgan fingerprint density at radius 1 is 1.19 bits per heavy atom. The van der Waals surface area contributed by atoms with Crippen molar-refractivity contribution in [1.82, 2.24) is 5.32 Å². The first-order valence-electron chi connectivity index (χ1n) is 5.01. The molecule has 0 aliphatic carbocycles. The summed E-state index contributed by atoms with van der Waals surface area (Å²) in [6.07, 6.45) is -0.0370. The number of methoxy groups -OCH3 is 3. The summed E-state index contributed by atoms with van der Waals surface area (Å²) in [5, 5.41) is 2.54. The number of carbonyl (C=O) groups is 2. The zero-order valence-corrected chi connectivity index (χ0v) is 10.1. The summed E-state index contributed by atoms with van der Waals surface area (Å²) in [5.74, 6) is -0.734. The van der Waals surface area contributed by atoms with E-state index in [1.807, 2.05) is 0 Å². The van der Waals surface area contributed by atoms with Gasteiger partial charge in [-0.3, -0.25) is 4.79 Å². The van der Waals surface area contributed by atoms with Gasteiger partial charge >= 0.3 is 5.97 Å². The number of esters is 1. The van der Waals surface area contributed by atoms with Crippen molar-refractivity contribution in [3.8, 4) is 0 Å². The molecular formula is C10H19NO5. The van der Waals surface area contributed by atoms with Gasteiger partial charge in [0.15, 0.2) is 6.29 Å². The molecule has 0 aromatic heterocycles. The molecular weight excluding hydrogens is 214 g/mol. The van der Waals surface area contributed by atoms with Gasteiger partial charge in [0.2, 0.25) is 5.91 Å². The Labute approximate surface area is 95.2 Å². The van der Waals surface area contributed by atoms with Gasteiger partial charge in [0.1, 0.15) is 6.04 Å². The molecule has 0 fully saturated rings. The van der Waals surface area contributed by atoms with Gasteiger partial charge in [0.05, 0.1) is 7.11 Å². The van der Waals surface area contributed by atoms with Gasteiger partial charge in [-0.25, -0.2) is 4.79 Å². The van der Waals surface area contributed by atoms with Crippen LogP contribution in [-0.4, -0.2) is 45.5 Å². The minimum Gasteiger partial charge on any atom is -0.467 e. The SMILES string of the molecule is CCC(=O)NC(CC(OC)OC)C(=O)OC. The third-order valence-corrected chi connectivity index (χ3v) is 2.10. The first-order valence-corrected chi connectivity index (χ1v) is 5.01. The molecule has 94 valence electrons. The van der Waals surface area contributed by atoms with Crippen molar-refractivity contribution >= 4 is 11.9 Å². The molecule has 1 unspecified atom stereocenters. The van der Waals surface area contributed by atoms with Crippen LogP contribution in [0.4, 0.5) is 0 Å². The summed E-state index contributed by atoms with van der Waals surface area (Å²) in [6.45, 7) is 1.70. The highest BCUT2D eigenvalue weighted by molar-refractivity contribution is 5.84. The number of carbonyl (C=O) groups excluding carboxylic acids is 2. The van der Waals surface area contributed by atoms with Crippen LogP contribution in [0, 0.1) is 0 Å². The van der Waals surface area contributed by atoms with E-state index in [4.69, 9.17) is 9.47 Å². The van der Waals surface area contributed by atoms with Gasteiger partial charge in [-0.05, 0) is 0 Å². The molecule has 0 saturated heterocycles. The maximum Gasteiger partial charge on any atom is 0.328 e. The number of ether oxygens (including phenoxy) is 3. The van der Waals surface area contributed by atoms with Crippen LogP contribution >= 0.6 is 0 Å². The topological polar surface area (TPSA) is 73.9 Å². The Balaban J connectivity index is 4.42. The molecule has 0 aromatic carbocycles. The van der Waals surface area contributed by atoms with Gasteiger partial charge in [-0.2, -0.15) is 0 Å². The third kappa shape index (κ3) is 5.09. The lowest BCUT2D eigenvalue weighted by molar-refractivity contribution is -0.152. The Bertz CT molecular complexity index is 227. The largest absolute Gasteiger partial charge is 0.467 e. The fourth-order valence-corrected chi connectivity index (χ4v) is 1.13.